The largest absolute Gasteiger partial charge is 0.458 e. The molecule has 0 atom stereocenters. The lowest BCUT2D eigenvalue weighted by Gasteiger charge is -2.13. The van der Waals surface area contributed by atoms with Gasteiger partial charge in [-0.25, -0.2) is 17.2 Å². The second-order valence-electron chi connectivity index (χ2n) is 7.23. The predicted molar refractivity (Wildman–Crippen MR) is 112 cm³/mol. The zero-order valence-electron chi connectivity index (χ0n) is 16.6. The fourth-order valence-corrected chi connectivity index (χ4v) is 4.12. The van der Waals surface area contributed by atoms with E-state index >= 15 is 0 Å². The maximum absolute atomic E-state index is 14.1. The molecule has 0 unspecified atom stereocenters. The summed E-state index contributed by atoms with van der Waals surface area (Å²) in [5.41, 5.74) is 1.38. The summed E-state index contributed by atoms with van der Waals surface area (Å²) in [4.78, 5) is 12.3. The zero-order valence-corrected chi connectivity index (χ0v) is 17.4. The van der Waals surface area contributed by atoms with Crippen LogP contribution in [0.25, 0.3) is 22.1 Å². The number of hydrogen-bond acceptors (Lipinski definition) is 5. The molecule has 0 saturated carbocycles. The number of aryl methyl sites for hydroxylation is 1. The van der Waals surface area contributed by atoms with Crippen LogP contribution in [0.4, 0.5) is 8.78 Å². The highest BCUT2D eigenvalue weighted by Crippen LogP contribution is 2.34. The summed E-state index contributed by atoms with van der Waals surface area (Å²) in [6.07, 6.45) is 4.09. The van der Waals surface area contributed by atoms with Crippen LogP contribution in [0, 0.1) is 11.6 Å². The average Bonchev–Trinajstić information content (AvgIpc) is 3.15. The number of fused-ring (bicyclic) bond motifs is 1. The van der Waals surface area contributed by atoms with E-state index in [0.717, 1.165) is 18.4 Å². The quantitative estimate of drug-likeness (QED) is 0.455. The molecule has 0 spiro atoms. The van der Waals surface area contributed by atoms with E-state index in [4.69, 9.17) is 9.15 Å². The standard InChI is InChI=1S/C22H17F2NO5S/c1-25-11-18(17-5-6-29-21(17)22(25)26)14-7-13(12-31(2,27)28)8-16(9-14)30-20-4-3-15(23)10-19(20)24/h3-11H,12H2,1-2H3. The number of aromatic nitrogens is 1. The number of nitrogens with zero attached hydrogens (tertiary/aromatic N) is 1. The van der Waals surface area contributed by atoms with Crippen molar-refractivity contribution in [2.45, 2.75) is 5.75 Å². The normalized spacial score (nSPS) is 11.7. The van der Waals surface area contributed by atoms with E-state index in [1.165, 1.54) is 16.9 Å². The van der Waals surface area contributed by atoms with Crippen molar-refractivity contribution in [3.05, 3.63) is 82.5 Å². The Kier molecular flexibility index (Phi) is 5.14. The summed E-state index contributed by atoms with van der Waals surface area (Å²) in [7, 11) is -1.81. The van der Waals surface area contributed by atoms with Gasteiger partial charge in [-0.2, -0.15) is 0 Å². The molecule has 6 nitrogen and oxygen atoms in total. The lowest BCUT2D eigenvalue weighted by atomic mass is 10.0. The summed E-state index contributed by atoms with van der Waals surface area (Å²) >= 11 is 0. The van der Waals surface area contributed by atoms with Gasteiger partial charge in [0.25, 0.3) is 5.56 Å². The van der Waals surface area contributed by atoms with Crippen LogP contribution in [0.1, 0.15) is 5.56 Å². The van der Waals surface area contributed by atoms with Crippen molar-refractivity contribution in [1.82, 2.24) is 4.57 Å². The molecule has 0 N–H and O–H groups in total. The minimum Gasteiger partial charge on any atom is -0.458 e. The van der Waals surface area contributed by atoms with Gasteiger partial charge in [-0.3, -0.25) is 4.79 Å². The maximum atomic E-state index is 14.1. The molecule has 0 fully saturated rings. The number of sulfone groups is 1. The van der Waals surface area contributed by atoms with Crippen molar-refractivity contribution in [3.8, 4) is 22.6 Å². The van der Waals surface area contributed by atoms with Gasteiger partial charge in [0, 0.05) is 36.5 Å². The summed E-state index contributed by atoms with van der Waals surface area (Å²) < 4.78 is 63.3. The first-order chi connectivity index (χ1) is 14.6. The first-order valence-corrected chi connectivity index (χ1v) is 11.2. The van der Waals surface area contributed by atoms with Gasteiger partial charge in [-0.1, -0.05) is 0 Å². The topological polar surface area (TPSA) is 78.5 Å². The van der Waals surface area contributed by atoms with E-state index in [1.807, 2.05) is 0 Å². The molecule has 4 aromatic rings. The molecule has 0 aliphatic rings. The first kappa shape index (κ1) is 20.8. The lowest BCUT2D eigenvalue weighted by Crippen LogP contribution is -2.15. The molecule has 160 valence electrons. The summed E-state index contributed by atoms with van der Waals surface area (Å²) in [6, 6.07) is 9.24. The number of furan rings is 1. The molecular formula is C22H17F2NO5S. The van der Waals surface area contributed by atoms with Crippen molar-refractivity contribution < 1.29 is 26.4 Å². The SMILES string of the molecule is Cn1cc(-c2cc(CS(C)(=O)=O)cc(Oc3ccc(F)cc3F)c2)c2ccoc2c1=O. The summed E-state index contributed by atoms with van der Waals surface area (Å²) in [5.74, 6) is -1.97. The smallest absolute Gasteiger partial charge is 0.293 e. The van der Waals surface area contributed by atoms with Gasteiger partial charge in [-0.15, -0.1) is 0 Å². The van der Waals surface area contributed by atoms with Crippen molar-refractivity contribution >= 4 is 20.8 Å². The molecule has 2 aromatic carbocycles. The Balaban J connectivity index is 1.89. The first-order valence-electron chi connectivity index (χ1n) is 9.12. The van der Waals surface area contributed by atoms with Gasteiger partial charge in [0.05, 0.1) is 12.0 Å². The number of ether oxygens (including phenoxy) is 1. The second-order valence-corrected chi connectivity index (χ2v) is 9.37. The molecule has 31 heavy (non-hydrogen) atoms. The van der Waals surface area contributed by atoms with Gasteiger partial charge in [-0.05, 0) is 47.5 Å². The van der Waals surface area contributed by atoms with E-state index in [9.17, 15) is 22.0 Å². The average molecular weight is 445 g/mol. The summed E-state index contributed by atoms with van der Waals surface area (Å²) in [5, 5.41) is 0.540. The molecular weight excluding hydrogens is 428 g/mol. The summed E-state index contributed by atoms with van der Waals surface area (Å²) in [6.45, 7) is 0. The number of rotatable bonds is 5. The Morgan fingerprint density at radius 1 is 1.10 bits per heavy atom. The Labute approximate surface area is 176 Å². The maximum Gasteiger partial charge on any atom is 0.293 e. The van der Waals surface area contributed by atoms with Gasteiger partial charge in [0.15, 0.2) is 27.0 Å². The number of halogens is 2. The van der Waals surface area contributed by atoms with Crippen LogP contribution in [-0.4, -0.2) is 19.2 Å². The number of hydrogen-bond donors (Lipinski definition) is 0. The van der Waals surface area contributed by atoms with Crippen molar-refractivity contribution in [3.63, 3.8) is 0 Å². The Bertz CT molecular complexity index is 1470. The van der Waals surface area contributed by atoms with Crippen LogP contribution in [0.5, 0.6) is 11.5 Å². The highest BCUT2D eigenvalue weighted by atomic mass is 32.2. The fourth-order valence-electron chi connectivity index (χ4n) is 3.35. The Morgan fingerprint density at radius 3 is 2.58 bits per heavy atom. The third-order valence-corrected chi connectivity index (χ3v) is 5.48. The number of pyridine rings is 1. The van der Waals surface area contributed by atoms with Crippen LogP contribution in [-0.2, 0) is 22.6 Å². The van der Waals surface area contributed by atoms with Gasteiger partial charge < -0.3 is 13.7 Å². The molecule has 0 saturated heterocycles. The van der Waals surface area contributed by atoms with Crippen LogP contribution in [0.2, 0.25) is 0 Å². The molecule has 0 radical (unpaired) electrons. The fraction of sp³-hybridized carbons (Fsp3) is 0.136. The van der Waals surface area contributed by atoms with Gasteiger partial charge >= 0.3 is 0 Å². The lowest BCUT2D eigenvalue weighted by molar-refractivity contribution is 0.437. The molecule has 0 bridgehead atoms. The van der Waals surface area contributed by atoms with Crippen molar-refractivity contribution in [1.29, 1.82) is 0 Å². The van der Waals surface area contributed by atoms with E-state index in [0.29, 0.717) is 28.1 Å². The van der Waals surface area contributed by atoms with Crippen LogP contribution < -0.4 is 10.3 Å². The second kappa shape index (κ2) is 7.66. The molecule has 0 aliphatic carbocycles. The highest BCUT2D eigenvalue weighted by Gasteiger charge is 2.16. The van der Waals surface area contributed by atoms with Crippen molar-refractivity contribution in [2.75, 3.05) is 6.26 Å². The molecule has 0 amide bonds. The van der Waals surface area contributed by atoms with E-state index in [1.54, 1.807) is 31.4 Å². The minimum absolute atomic E-state index is 0.153. The molecule has 2 aromatic heterocycles. The van der Waals surface area contributed by atoms with Crippen LogP contribution in [0.15, 0.2) is 64.1 Å². The Hall–Kier alpha value is -3.46. The molecule has 2 heterocycles. The number of benzene rings is 2. The van der Waals surface area contributed by atoms with E-state index in [2.05, 4.69) is 0 Å². The highest BCUT2D eigenvalue weighted by molar-refractivity contribution is 7.89. The van der Waals surface area contributed by atoms with Crippen LogP contribution >= 0.6 is 0 Å². The van der Waals surface area contributed by atoms with E-state index < -0.39 is 21.5 Å². The van der Waals surface area contributed by atoms with Crippen LogP contribution in [0.3, 0.4) is 0 Å². The van der Waals surface area contributed by atoms with Gasteiger partial charge in [0.1, 0.15) is 11.6 Å². The third kappa shape index (κ3) is 4.36. The monoisotopic (exact) mass is 445 g/mol. The minimum atomic E-state index is -3.38. The van der Waals surface area contributed by atoms with Crippen molar-refractivity contribution in [2.24, 2.45) is 7.05 Å². The zero-order chi connectivity index (χ0) is 22.3. The third-order valence-electron chi connectivity index (χ3n) is 4.62. The molecule has 4 rings (SSSR count). The molecule has 9 heteroatoms. The van der Waals surface area contributed by atoms with E-state index in [-0.39, 0.29) is 28.4 Å². The Morgan fingerprint density at radius 2 is 1.87 bits per heavy atom. The van der Waals surface area contributed by atoms with Gasteiger partial charge in [0.2, 0.25) is 0 Å². The predicted octanol–water partition coefficient (Wildman–Crippen LogP) is 4.41. The molecule has 0 aliphatic heterocycles.